The molecule has 3 heteroatoms. The van der Waals surface area contributed by atoms with Crippen LogP contribution in [0.2, 0.25) is 0 Å². The molecule has 0 radical (unpaired) electrons. The van der Waals surface area contributed by atoms with E-state index in [0.29, 0.717) is 5.71 Å². The largest absolute Gasteiger partial charge is 0.410 e. The van der Waals surface area contributed by atoms with Gasteiger partial charge in [0.2, 0.25) is 0 Å². The Morgan fingerprint density at radius 2 is 1.29 bits per heavy atom. The van der Waals surface area contributed by atoms with Gasteiger partial charge in [0.1, 0.15) is 5.71 Å². The van der Waals surface area contributed by atoms with Gasteiger partial charge in [-0.2, -0.15) is 0 Å². The zero-order valence-corrected chi connectivity index (χ0v) is 15.8. The Kier molecular flexibility index (Phi) is 11.2. The molecule has 2 rings (SSSR count). The highest BCUT2D eigenvalue weighted by Crippen LogP contribution is 2.10. The normalized spacial score (nSPS) is 9.75. The monoisotopic (exact) mass is 329 g/mol. The van der Waals surface area contributed by atoms with E-state index in [1.54, 1.807) is 7.11 Å². The Balaban J connectivity index is 0.000000501. The van der Waals surface area contributed by atoms with Gasteiger partial charge >= 0.3 is 0 Å². The van der Waals surface area contributed by atoms with Gasteiger partial charge in [0.15, 0.2) is 0 Å². The summed E-state index contributed by atoms with van der Waals surface area (Å²) in [7, 11) is 1.74. The van der Waals surface area contributed by atoms with E-state index in [0.717, 1.165) is 17.5 Å². The van der Waals surface area contributed by atoms with E-state index >= 15 is 0 Å². The summed E-state index contributed by atoms with van der Waals surface area (Å²) >= 11 is 0. The number of rotatable bonds is 4. The van der Waals surface area contributed by atoms with Crippen molar-refractivity contribution in [2.75, 3.05) is 7.11 Å². The molecular weight excluding hydrogens is 298 g/mol. The highest BCUT2D eigenvalue weighted by molar-refractivity contribution is 6.12. The Hall–Kier alpha value is -2.13. The molecule has 0 atom stereocenters. The first kappa shape index (κ1) is 21.9. The Bertz CT molecular complexity index is 515. The SMILES string of the molecule is CC.CCC(C)(C)OC.ON=C(c1ccccc1)c1ccccc1. The van der Waals surface area contributed by atoms with Crippen molar-refractivity contribution in [3.63, 3.8) is 0 Å². The molecule has 0 saturated heterocycles. The van der Waals surface area contributed by atoms with Crippen molar-refractivity contribution in [2.24, 2.45) is 5.16 Å². The van der Waals surface area contributed by atoms with Gasteiger partial charge in [-0.25, -0.2) is 0 Å². The predicted octanol–water partition coefficient (Wildman–Crippen LogP) is 5.76. The molecule has 2 aromatic carbocycles. The molecule has 0 aliphatic heterocycles. The number of hydrogen-bond acceptors (Lipinski definition) is 3. The van der Waals surface area contributed by atoms with E-state index in [1.807, 2.05) is 74.5 Å². The third kappa shape index (κ3) is 7.93. The van der Waals surface area contributed by atoms with Crippen LogP contribution in [0.1, 0.15) is 52.2 Å². The van der Waals surface area contributed by atoms with Crippen LogP contribution in [0.15, 0.2) is 65.8 Å². The fraction of sp³-hybridized carbons (Fsp3) is 0.381. The summed E-state index contributed by atoms with van der Waals surface area (Å²) in [6.45, 7) is 10.3. The van der Waals surface area contributed by atoms with E-state index in [4.69, 9.17) is 9.94 Å². The summed E-state index contributed by atoms with van der Waals surface area (Å²) in [6, 6.07) is 19.2. The van der Waals surface area contributed by atoms with E-state index in [2.05, 4.69) is 25.9 Å². The van der Waals surface area contributed by atoms with Gasteiger partial charge in [0.05, 0.1) is 5.60 Å². The maximum Gasteiger partial charge on any atom is 0.117 e. The smallest absolute Gasteiger partial charge is 0.117 e. The van der Waals surface area contributed by atoms with Gasteiger partial charge in [-0.15, -0.1) is 0 Å². The van der Waals surface area contributed by atoms with Crippen LogP contribution in [0.5, 0.6) is 0 Å². The van der Waals surface area contributed by atoms with Crippen molar-refractivity contribution in [1.82, 2.24) is 0 Å². The van der Waals surface area contributed by atoms with Crippen LogP contribution >= 0.6 is 0 Å². The Labute approximate surface area is 147 Å². The standard InChI is InChI=1S/C13H11NO.C6H14O.C2H6/c15-14-13(11-7-3-1-4-8-11)12-9-5-2-6-10-12;1-5-6(2,3)7-4;1-2/h1-10,15H;5H2,1-4H3;1-2H3. The van der Waals surface area contributed by atoms with Crippen LogP contribution in [-0.4, -0.2) is 23.6 Å². The number of nitrogens with zero attached hydrogens (tertiary/aromatic N) is 1. The number of methoxy groups -OCH3 is 1. The molecule has 2 aromatic rings. The zero-order valence-electron chi connectivity index (χ0n) is 15.8. The van der Waals surface area contributed by atoms with Crippen LogP contribution < -0.4 is 0 Å². The van der Waals surface area contributed by atoms with Gasteiger partial charge < -0.3 is 9.94 Å². The molecule has 0 unspecified atom stereocenters. The van der Waals surface area contributed by atoms with Crippen molar-refractivity contribution < 1.29 is 9.94 Å². The molecule has 0 aliphatic rings. The molecular formula is C21H31NO2. The third-order valence-corrected chi connectivity index (χ3v) is 3.60. The van der Waals surface area contributed by atoms with Crippen molar-refractivity contribution >= 4 is 5.71 Å². The zero-order chi connectivity index (χ0) is 18.4. The Morgan fingerprint density at radius 1 is 0.917 bits per heavy atom. The molecule has 0 fully saturated rings. The molecule has 0 saturated carbocycles. The summed E-state index contributed by atoms with van der Waals surface area (Å²) in [6.07, 6.45) is 1.07. The summed E-state index contributed by atoms with van der Waals surface area (Å²) in [5.41, 5.74) is 2.49. The number of benzene rings is 2. The molecule has 0 amide bonds. The highest BCUT2D eigenvalue weighted by atomic mass is 16.5. The average Bonchev–Trinajstić information content (AvgIpc) is 2.66. The molecule has 1 N–H and O–H groups in total. The van der Waals surface area contributed by atoms with E-state index in [9.17, 15) is 0 Å². The number of hydrogen-bond donors (Lipinski definition) is 1. The topological polar surface area (TPSA) is 41.8 Å². The second kappa shape index (κ2) is 12.3. The first-order valence-corrected chi connectivity index (χ1v) is 8.42. The molecule has 0 heterocycles. The fourth-order valence-electron chi connectivity index (χ4n) is 1.62. The third-order valence-electron chi connectivity index (χ3n) is 3.60. The second-order valence-corrected chi connectivity index (χ2v) is 5.50. The maximum absolute atomic E-state index is 9.02. The van der Waals surface area contributed by atoms with Crippen LogP contribution in [0.25, 0.3) is 0 Å². The lowest BCUT2D eigenvalue weighted by Crippen LogP contribution is -2.20. The van der Waals surface area contributed by atoms with Crippen LogP contribution in [0.3, 0.4) is 0 Å². The minimum Gasteiger partial charge on any atom is -0.410 e. The molecule has 132 valence electrons. The molecule has 24 heavy (non-hydrogen) atoms. The summed E-state index contributed by atoms with van der Waals surface area (Å²) in [5, 5.41) is 12.4. The molecule has 0 aromatic heterocycles. The van der Waals surface area contributed by atoms with Crippen molar-refractivity contribution in [1.29, 1.82) is 0 Å². The van der Waals surface area contributed by atoms with E-state index in [-0.39, 0.29) is 5.60 Å². The highest BCUT2D eigenvalue weighted by Gasteiger charge is 2.10. The lowest BCUT2D eigenvalue weighted by molar-refractivity contribution is 0.0196. The van der Waals surface area contributed by atoms with Gasteiger partial charge in [-0.3, -0.25) is 0 Å². The van der Waals surface area contributed by atoms with Gasteiger partial charge in [-0.05, 0) is 20.3 Å². The lowest BCUT2D eigenvalue weighted by atomic mass is 10.0. The summed E-state index contributed by atoms with van der Waals surface area (Å²) in [4.78, 5) is 0. The summed E-state index contributed by atoms with van der Waals surface area (Å²) in [5.74, 6) is 0. The predicted molar refractivity (Wildman–Crippen MR) is 103 cm³/mol. The van der Waals surface area contributed by atoms with Crippen molar-refractivity contribution in [2.45, 2.75) is 46.6 Å². The van der Waals surface area contributed by atoms with Crippen LogP contribution in [0.4, 0.5) is 0 Å². The molecule has 0 bridgehead atoms. The van der Waals surface area contributed by atoms with Crippen LogP contribution in [0, 0.1) is 0 Å². The minimum atomic E-state index is 0.0833. The number of oxime groups is 1. The first-order chi connectivity index (χ1) is 11.5. The maximum atomic E-state index is 9.02. The fourth-order valence-corrected chi connectivity index (χ4v) is 1.62. The van der Waals surface area contributed by atoms with E-state index < -0.39 is 0 Å². The Morgan fingerprint density at radius 3 is 1.50 bits per heavy atom. The van der Waals surface area contributed by atoms with Gasteiger partial charge in [0.25, 0.3) is 0 Å². The first-order valence-electron chi connectivity index (χ1n) is 8.42. The number of ether oxygens (including phenoxy) is 1. The lowest BCUT2D eigenvalue weighted by Gasteiger charge is -2.19. The van der Waals surface area contributed by atoms with Crippen molar-refractivity contribution in [3.8, 4) is 0 Å². The summed E-state index contributed by atoms with van der Waals surface area (Å²) < 4.78 is 5.09. The van der Waals surface area contributed by atoms with Crippen molar-refractivity contribution in [3.05, 3.63) is 71.8 Å². The molecule has 3 nitrogen and oxygen atoms in total. The van der Waals surface area contributed by atoms with Gasteiger partial charge in [-0.1, -0.05) is 86.6 Å². The van der Waals surface area contributed by atoms with E-state index in [1.165, 1.54) is 0 Å². The van der Waals surface area contributed by atoms with Crippen LogP contribution in [-0.2, 0) is 4.74 Å². The average molecular weight is 329 g/mol. The second-order valence-electron chi connectivity index (χ2n) is 5.50. The molecule has 0 aliphatic carbocycles. The molecule has 0 spiro atoms. The van der Waals surface area contributed by atoms with Gasteiger partial charge in [0, 0.05) is 18.2 Å². The minimum absolute atomic E-state index is 0.0833. The quantitative estimate of drug-likeness (QED) is 0.440.